The van der Waals surface area contributed by atoms with Crippen LogP contribution in [0.4, 0.5) is 0 Å². The lowest BCUT2D eigenvalue weighted by Gasteiger charge is -2.07. The van der Waals surface area contributed by atoms with E-state index >= 15 is 0 Å². The normalized spacial score (nSPS) is 17.9. The highest BCUT2D eigenvalue weighted by atomic mass is 32.1. The van der Waals surface area contributed by atoms with Crippen molar-refractivity contribution in [1.29, 1.82) is 0 Å². The van der Waals surface area contributed by atoms with E-state index in [2.05, 4.69) is 23.4 Å². The lowest BCUT2D eigenvalue weighted by atomic mass is 10.1. The fourth-order valence-electron chi connectivity index (χ4n) is 1.53. The van der Waals surface area contributed by atoms with Gasteiger partial charge in [-0.1, -0.05) is 0 Å². The molecule has 0 aromatic carbocycles. The summed E-state index contributed by atoms with van der Waals surface area (Å²) in [6, 6.07) is 2.21. The first kappa shape index (κ1) is 8.67. The van der Waals surface area contributed by atoms with Gasteiger partial charge in [-0.15, -0.1) is 11.3 Å². The number of aliphatic imine (C=N–C) groups is 1. The number of hydrogen-bond donors (Lipinski definition) is 0. The van der Waals surface area contributed by atoms with Crippen molar-refractivity contribution >= 4 is 17.4 Å². The second-order valence-electron chi connectivity index (χ2n) is 3.68. The van der Waals surface area contributed by atoms with Gasteiger partial charge in [0.1, 0.15) is 0 Å². The maximum atomic E-state index is 10.0. The fourth-order valence-corrected chi connectivity index (χ4v) is 2.68. The lowest BCUT2D eigenvalue weighted by molar-refractivity contribution is 0.560. The summed E-state index contributed by atoms with van der Waals surface area (Å²) < 4.78 is 0. The Labute approximate surface area is 81.3 Å². The molecule has 68 valence electrons. The van der Waals surface area contributed by atoms with Gasteiger partial charge in [0.2, 0.25) is 6.08 Å². The molecule has 1 fully saturated rings. The number of nitrogens with zero attached hydrogens (tertiary/aromatic N) is 1. The van der Waals surface area contributed by atoms with E-state index < -0.39 is 0 Å². The molecule has 0 unspecified atom stereocenters. The molecule has 0 amide bonds. The zero-order valence-electron chi connectivity index (χ0n) is 7.54. The minimum absolute atomic E-state index is 0.205. The molecule has 3 heteroatoms. The molecule has 1 aromatic rings. The maximum absolute atomic E-state index is 10.0. The van der Waals surface area contributed by atoms with Crippen molar-refractivity contribution in [2.24, 2.45) is 4.99 Å². The largest absolute Gasteiger partial charge is 0.234 e. The fraction of sp³-hybridized carbons (Fsp3) is 0.500. The second-order valence-corrected chi connectivity index (χ2v) is 4.59. The molecule has 1 heterocycles. The Hall–Kier alpha value is -0.920. The summed E-state index contributed by atoms with van der Waals surface area (Å²) in [5, 5.41) is 2.15. The third-order valence-corrected chi connectivity index (χ3v) is 3.85. The monoisotopic (exact) mass is 193 g/mol. The molecule has 2 nitrogen and oxygen atoms in total. The predicted molar refractivity (Wildman–Crippen MR) is 53.0 cm³/mol. The Bertz CT molecular complexity index is 359. The number of carbonyl (C=O) groups excluding carboxylic acids is 1. The molecule has 0 saturated heterocycles. The third-order valence-electron chi connectivity index (χ3n) is 2.55. The van der Waals surface area contributed by atoms with Gasteiger partial charge in [-0.3, -0.25) is 0 Å². The minimum Gasteiger partial charge on any atom is -0.211 e. The molecule has 1 aromatic heterocycles. The molecule has 0 spiro atoms. The van der Waals surface area contributed by atoms with Crippen LogP contribution >= 0.6 is 11.3 Å². The van der Waals surface area contributed by atoms with E-state index in [4.69, 9.17) is 0 Å². The summed E-state index contributed by atoms with van der Waals surface area (Å²) in [5.41, 5.74) is 1.51. The van der Waals surface area contributed by atoms with Crippen LogP contribution in [0.5, 0.6) is 0 Å². The van der Waals surface area contributed by atoms with Crippen LogP contribution in [0.15, 0.2) is 16.4 Å². The van der Waals surface area contributed by atoms with Gasteiger partial charge >= 0.3 is 0 Å². The van der Waals surface area contributed by atoms with Crippen LogP contribution in [0.25, 0.3) is 0 Å². The third kappa shape index (κ3) is 1.58. The highest BCUT2D eigenvalue weighted by Crippen LogP contribution is 2.50. The maximum Gasteiger partial charge on any atom is 0.234 e. The lowest BCUT2D eigenvalue weighted by Crippen LogP contribution is -2.08. The van der Waals surface area contributed by atoms with Gasteiger partial charge < -0.3 is 0 Å². The van der Waals surface area contributed by atoms with E-state index in [0.717, 1.165) is 12.8 Å². The van der Waals surface area contributed by atoms with Crippen LogP contribution < -0.4 is 0 Å². The van der Waals surface area contributed by atoms with Gasteiger partial charge in [-0.25, -0.2) is 9.79 Å². The molecule has 1 aliphatic rings. The molecular weight excluding hydrogens is 182 g/mol. The van der Waals surface area contributed by atoms with Crippen molar-refractivity contribution in [2.75, 3.05) is 6.54 Å². The zero-order chi connectivity index (χ0) is 9.31. The predicted octanol–water partition coefficient (Wildman–Crippen LogP) is 2.42. The number of thiophene rings is 1. The van der Waals surface area contributed by atoms with Crippen LogP contribution in [0.2, 0.25) is 0 Å². The topological polar surface area (TPSA) is 29.4 Å². The number of aryl methyl sites for hydroxylation is 1. The van der Waals surface area contributed by atoms with Gasteiger partial charge in [-0.05, 0) is 36.8 Å². The van der Waals surface area contributed by atoms with E-state index in [0.29, 0.717) is 6.54 Å². The Balaban J connectivity index is 2.20. The van der Waals surface area contributed by atoms with Crippen LogP contribution in [-0.2, 0) is 10.2 Å². The zero-order valence-corrected chi connectivity index (χ0v) is 8.36. The summed E-state index contributed by atoms with van der Waals surface area (Å²) >= 11 is 1.78. The molecule has 0 N–H and O–H groups in total. The summed E-state index contributed by atoms with van der Waals surface area (Å²) in [7, 11) is 0. The van der Waals surface area contributed by atoms with Gasteiger partial charge in [-0.2, -0.15) is 0 Å². The van der Waals surface area contributed by atoms with Crippen LogP contribution in [0.1, 0.15) is 23.3 Å². The first-order chi connectivity index (χ1) is 6.27. The van der Waals surface area contributed by atoms with Gasteiger partial charge in [0, 0.05) is 10.3 Å². The Morgan fingerprint density at radius 2 is 2.46 bits per heavy atom. The average Bonchev–Trinajstić information content (AvgIpc) is 2.80. The van der Waals surface area contributed by atoms with Crippen molar-refractivity contribution in [3.8, 4) is 0 Å². The van der Waals surface area contributed by atoms with E-state index in [1.54, 1.807) is 17.4 Å². The minimum atomic E-state index is 0.205. The highest BCUT2D eigenvalue weighted by molar-refractivity contribution is 7.10. The van der Waals surface area contributed by atoms with E-state index in [1.165, 1.54) is 10.4 Å². The molecule has 0 radical (unpaired) electrons. The van der Waals surface area contributed by atoms with Crippen LogP contribution in [0.3, 0.4) is 0 Å². The first-order valence-electron chi connectivity index (χ1n) is 4.36. The van der Waals surface area contributed by atoms with Crippen molar-refractivity contribution < 1.29 is 4.79 Å². The quantitative estimate of drug-likeness (QED) is 0.535. The molecule has 0 bridgehead atoms. The molecule has 1 aliphatic carbocycles. The molecule has 0 atom stereocenters. The van der Waals surface area contributed by atoms with Crippen molar-refractivity contribution in [3.63, 3.8) is 0 Å². The summed E-state index contributed by atoms with van der Waals surface area (Å²) in [6.45, 7) is 2.72. The molecular formula is C10H11NOS. The van der Waals surface area contributed by atoms with Gasteiger partial charge in [0.05, 0.1) is 6.54 Å². The molecule has 0 aliphatic heterocycles. The van der Waals surface area contributed by atoms with Gasteiger partial charge in [0.25, 0.3) is 0 Å². The standard InChI is InChI=1S/C10H11NOS/c1-8-4-9(13-5-8)10(2-3-10)6-11-7-12/h4-5H,2-3,6H2,1H3. The summed E-state index contributed by atoms with van der Waals surface area (Å²) in [5.74, 6) is 0. The Morgan fingerprint density at radius 1 is 1.69 bits per heavy atom. The number of rotatable bonds is 3. The average molecular weight is 193 g/mol. The van der Waals surface area contributed by atoms with E-state index in [9.17, 15) is 4.79 Å². The van der Waals surface area contributed by atoms with Crippen molar-refractivity contribution in [2.45, 2.75) is 25.2 Å². The summed E-state index contributed by atoms with van der Waals surface area (Å²) in [4.78, 5) is 15.1. The SMILES string of the molecule is Cc1csc(C2(CN=C=O)CC2)c1. The molecule has 13 heavy (non-hydrogen) atoms. The van der Waals surface area contributed by atoms with Crippen molar-refractivity contribution in [1.82, 2.24) is 0 Å². The smallest absolute Gasteiger partial charge is 0.211 e. The second kappa shape index (κ2) is 3.09. The molecule has 2 rings (SSSR count). The van der Waals surface area contributed by atoms with Gasteiger partial charge in [0.15, 0.2) is 0 Å². The highest BCUT2D eigenvalue weighted by Gasteiger charge is 2.45. The number of isocyanates is 1. The molecule has 1 saturated carbocycles. The van der Waals surface area contributed by atoms with Crippen LogP contribution in [-0.4, -0.2) is 12.6 Å². The Kier molecular flexibility index (Phi) is 2.06. The van der Waals surface area contributed by atoms with E-state index in [-0.39, 0.29) is 5.41 Å². The number of hydrogen-bond acceptors (Lipinski definition) is 3. The Morgan fingerprint density at radius 3 is 2.92 bits per heavy atom. The summed E-state index contributed by atoms with van der Waals surface area (Å²) in [6.07, 6.45) is 3.95. The van der Waals surface area contributed by atoms with Crippen molar-refractivity contribution in [3.05, 3.63) is 21.9 Å². The first-order valence-corrected chi connectivity index (χ1v) is 5.24. The van der Waals surface area contributed by atoms with E-state index in [1.807, 2.05) is 0 Å². The van der Waals surface area contributed by atoms with Crippen LogP contribution in [0, 0.1) is 6.92 Å².